The van der Waals surface area contributed by atoms with E-state index in [1.165, 1.54) is 24.3 Å². The van der Waals surface area contributed by atoms with Gasteiger partial charge in [-0.2, -0.15) is 0 Å². The summed E-state index contributed by atoms with van der Waals surface area (Å²) in [5.41, 5.74) is 5.05. The van der Waals surface area contributed by atoms with E-state index < -0.39 is 41.1 Å². The maximum Gasteiger partial charge on any atom is 0.514 e. The number of carbonyl (C=O) groups excluding carboxylic acids is 5. The Morgan fingerprint density at radius 3 is 1.91 bits per heavy atom. The van der Waals surface area contributed by atoms with E-state index in [4.69, 9.17) is 33.2 Å². The molecule has 0 spiro atoms. The van der Waals surface area contributed by atoms with E-state index in [-0.39, 0.29) is 61.8 Å². The number of hydrogen-bond donors (Lipinski definition) is 4. The van der Waals surface area contributed by atoms with Crippen molar-refractivity contribution in [3.05, 3.63) is 124 Å². The van der Waals surface area contributed by atoms with Crippen LogP contribution in [0.3, 0.4) is 0 Å². The van der Waals surface area contributed by atoms with Gasteiger partial charge in [-0.3, -0.25) is 24.5 Å². The van der Waals surface area contributed by atoms with Gasteiger partial charge in [0.05, 0.1) is 51.2 Å². The molecule has 0 aliphatic heterocycles. The summed E-state index contributed by atoms with van der Waals surface area (Å²) in [6.07, 6.45) is -0.489. The number of unbranched alkanes of at least 4 members (excludes halogenated alkanes) is 1. The van der Waals surface area contributed by atoms with Crippen LogP contribution in [0.2, 0.25) is 0 Å². The van der Waals surface area contributed by atoms with Crippen molar-refractivity contribution in [1.29, 1.82) is 0 Å². The fourth-order valence-corrected chi connectivity index (χ4v) is 7.29. The first kappa shape index (κ1) is 53.0. The number of carbonyl (C=O) groups is 5. The van der Waals surface area contributed by atoms with E-state index in [0.29, 0.717) is 70.3 Å². The molecule has 19 heteroatoms. The summed E-state index contributed by atoms with van der Waals surface area (Å²) in [6, 6.07) is 25.2. The molecule has 370 valence electrons. The summed E-state index contributed by atoms with van der Waals surface area (Å²) in [5.74, 6) is -1.79. The zero-order valence-electron chi connectivity index (χ0n) is 39.1. The van der Waals surface area contributed by atoms with Crippen molar-refractivity contribution >= 4 is 41.3 Å². The number of rotatable bonds is 29. The van der Waals surface area contributed by atoms with Gasteiger partial charge >= 0.3 is 12.2 Å². The van der Waals surface area contributed by atoms with Crippen LogP contribution < -0.4 is 26.0 Å². The second-order valence-electron chi connectivity index (χ2n) is 16.3. The SMILES string of the molecule is COCCOCCOCCOCCC(=O)NCCCC[C@H](NC(=O)C(NC(=O)OCC1c2ccccc2-c2ccccc21)C(C)C)C(=O)Nc1ccc(COC(=O)Oc2ccc([N+](=O)[O-])cc2)cc1. The highest BCUT2D eigenvalue weighted by atomic mass is 16.7. The minimum Gasteiger partial charge on any atom is -0.449 e. The fraction of sp³-hybridized carbons (Fsp3) is 0.420. The Kier molecular flexibility index (Phi) is 21.8. The number of ether oxygens (including phenoxy) is 7. The van der Waals surface area contributed by atoms with Crippen molar-refractivity contribution in [2.24, 2.45) is 5.92 Å². The zero-order valence-corrected chi connectivity index (χ0v) is 39.1. The zero-order chi connectivity index (χ0) is 49.4. The Bertz CT molecular complexity index is 2250. The predicted molar refractivity (Wildman–Crippen MR) is 254 cm³/mol. The molecule has 69 heavy (non-hydrogen) atoms. The number of nitrogens with zero attached hydrogens (tertiary/aromatic N) is 1. The van der Waals surface area contributed by atoms with Gasteiger partial charge in [0.2, 0.25) is 17.7 Å². The molecule has 0 saturated carbocycles. The predicted octanol–water partition coefficient (Wildman–Crippen LogP) is 6.67. The van der Waals surface area contributed by atoms with Crippen LogP contribution in [0.1, 0.15) is 62.1 Å². The summed E-state index contributed by atoms with van der Waals surface area (Å²) in [7, 11) is 1.60. The molecule has 4 aromatic rings. The second kappa shape index (κ2) is 28.4. The normalized spacial score (nSPS) is 12.5. The van der Waals surface area contributed by atoms with Crippen molar-refractivity contribution < 1.29 is 62.1 Å². The third-order valence-electron chi connectivity index (χ3n) is 10.9. The van der Waals surface area contributed by atoms with Crippen LogP contribution in [0.5, 0.6) is 5.75 Å². The molecular formula is C50H61N5O14. The Hall–Kier alpha value is -6.93. The van der Waals surface area contributed by atoms with Crippen LogP contribution in [-0.4, -0.2) is 113 Å². The molecule has 0 radical (unpaired) electrons. The molecule has 4 aromatic carbocycles. The highest BCUT2D eigenvalue weighted by Crippen LogP contribution is 2.44. The van der Waals surface area contributed by atoms with Crippen molar-refractivity contribution in [2.45, 2.75) is 64.1 Å². The first-order valence-corrected chi connectivity index (χ1v) is 22.8. The van der Waals surface area contributed by atoms with Gasteiger partial charge in [0.1, 0.15) is 31.0 Å². The maximum atomic E-state index is 13.9. The lowest BCUT2D eigenvalue weighted by Gasteiger charge is -2.25. The molecule has 0 fully saturated rings. The average molecular weight is 956 g/mol. The second-order valence-corrected chi connectivity index (χ2v) is 16.3. The van der Waals surface area contributed by atoms with Gasteiger partial charge in [0.15, 0.2) is 0 Å². The Labute approximate surface area is 401 Å². The van der Waals surface area contributed by atoms with Crippen LogP contribution in [0, 0.1) is 16.0 Å². The standard InChI is InChI=1S/C50H61N5O14/c1-34(2)46(54-49(59)67-33-43-41-12-6-4-10-39(41)40-11-5-7-13-42(40)43)48(58)53-44(14-8-9-24-51-45(56)23-25-64-28-29-66-31-30-65-27-26-63-3)47(57)52-36-17-15-35(16-18-36)32-68-50(60)69-38-21-19-37(20-22-38)55(61)62/h4-7,10-13,15-22,34,43-44,46H,8-9,14,23-33H2,1-3H3,(H,51,56)(H,52,57)(H,53,58)(H,54,59)/t44-,46?/m0/s1. The molecule has 0 bridgehead atoms. The van der Waals surface area contributed by atoms with Gasteiger partial charge in [-0.25, -0.2) is 9.59 Å². The monoisotopic (exact) mass is 955 g/mol. The van der Waals surface area contributed by atoms with Crippen LogP contribution in [-0.2, 0) is 49.4 Å². The quantitative estimate of drug-likeness (QED) is 0.0146. The highest BCUT2D eigenvalue weighted by molar-refractivity contribution is 5.98. The van der Waals surface area contributed by atoms with E-state index >= 15 is 0 Å². The Balaban J connectivity index is 1.12. The van der Waals surface area contributed by atoms with Gasteiger partial charge < -0.3 is 54.4 Å². The van der Waals surface area contributed by atoms with Crippen molar-refractivity contribution in [3.63, 3.8) is 0 Å². The van der Waals surface area contributed by atoms with Crippen LogP contribution in [0.4, 0.5) is 21.0 Å². The van der Waals surface area contributed by atoms with Crippen LogP contribution in [0.15, 0.2) is 97.1 Å². The Morgan fingerprint density at radius 2 is 1.30 bits per heavy atom. The molecule has 5 rings (SSSR count). The van der Waals surface area contributed by atoms with E-state index in [9.17, 15) is 34.1 Å². The van der Waals surface area contributed by atoms with Gasteiger partial charge in [-0.1, -0.05) is 74.5 Å². The van der Waals surface area contributed by atoms with E-state index in [0.717, 1.165) is 22.3 Å². The number of fused-ring (bicyclic) bond motifs is 3. The molecule has 19 nitrogen and oxygen atoms in total. The van der Waals surface area contributed by atoms with E-state index in [1.807, 2.05) is 48.5 Å². The van der Waals surface area contributed by atoms with Crippen molar-refractivity contribution in [1.82, 2.24) is 16.0 Å². The summed E-state index contributed by atoms with van der Waals surface area (Å²) in [5, 5.41) is 22.1. The van der Waals surface area contributed by atoms with Gasteiger partial charge in [0.25, 0.3) is 5.69 Å². The first-order chi connectivity index (χ1) is 33.4. The van der Waals surface area contributed by atoms with E-state index in [2.05, 4.69) is 21.3 Å². The molecule has 0 heterocycles. The number of methoxy groups -OCH3 is 1. The fourth-order valence-electron chi connectivity index (χ4n) is 7.29. The minimum atomic E-state index is -1.05. The van der Waals surface area contributed by atoms with Crippen molar-refractivity contribution in [2.75, 3.05) is 71.8 Å². The lowest BCUT2D eigenvalue weighted by Crippen LogP contribution is -2.54. The third kappa shape index (κ3) is 17.6. The topological polar surface area (TPSA) is 241 Å². The number of alkyl carbamates (subject to hydrolysis) is 1. The molecule has 4 N–H and O–H groups in total. The smallest absolute Gasteiger partial charge is 0.449 e. The Morgan fingerprint density at radius 1 is 0.696 bits per heavy atom. The number of benzene rings is 4. The number of hydrogen-bond acceptors (Lipinski definition) is 14. The lowest BCUT2D eigenvalue weighted by molar-refractivity contribution is -0.384. The summed E-state index contributed by atoms with van der Waals surface area (Å²) in [4.78, 5) is 76.0. The van der Waals surface area contributed by atoms with Gasteiger partial charge in [0, 0.05) is 43.8 Å². The average Bonchev–Trinajstić information content (AvgIpc) is 3.66. The molecule has 1 aliphatic carbocycles. The molecule has 1 aliphatic rings. The van der Waals surface area contributed by atoms with Crippen molar-refractivity contribution in [3.8, 4) is 16.9 Å². The minimum absolute atomic E-state index is 0.0551. The summed E-state index contributed by atoms with van der Waals surface area (Å²) >= 11 is 0. The maximum absolute atomic E-state index is 13.9. The summed E-state index contributed by atoms with van der Waals surface area (Å²) in [6.45, 7) is 6.58. The molecule has 0 aromatic heterocycles. The first-order valence-electron chi connectivity index (χ1n) is 22.8. The molecule has 1 unspecified atom stereocenters. The van der Waals surface area contributed by atoms with Crippen LogP contribution >= 0.6 is 0 Å². The number of non-ortho nitro benzene ring substituents is 1. The molecule has 4 amide bonds. The van der Waals surface area contributed by atoms with Crippen LogP contribution in [0.25, 0.3) is 11.1 Å². The third-order valence-corrected chi connectivity index (χ3v) is 10.9. The number of nitrogens with one attached hydrogen (secondary N) is 4. The number of amides is 4. The summed E-state index contributed by atoms with van der Waals surface area (Å²) < 4.78 is 37.2. The largest absolute Gasteiger partial charge is 0.514 e. The van der Waals surface area contributed by atoms with Gasteiger partial charge in [-0.05, 0) is 77.3 Å². The number of nitro benzene ring substituents is 1. The molecule has 2 atom stereocenters. The highest BCUT2D eigenvalue weighted by Gasteiger charge is 2.32. The molecular weight excluding hydrogens is 895 g/mol. The molecule has 0 saturated heterocycles. The number of anilines is 1. The van der Waals surface area contributed by atoms with E-state index in [1.54, 1.807) is 45.2 Å². The van der Waals surface area contributed by atoms with Gasteiger partial charge in [-0.15, -0.1) is 0 Å². The lowest BCUT2D eigenvalue weighted by atomic mass is 9.98. The number of nitro groups is 1.